The molecule has 0 aliphatic rings. The number of fused-ring (bicyclic) bond motifs is 1. The Bertz CT molecular complexity index is 833. The molecule has 2 nitrogen and oxygen atoms in total. The zero-order valence-electron chi connectivity index (χ0n) is 10.1. The first-order chi connectivity index (χ1) is 9.06. The van der Waals surface area contributed by atoms with Gasteiger partial charge in [-0.25, -0.2) is 0 Å². The number of aryl methyl sites for hydroxylation is 1. The number of nitrogens with zero attached hydrogens (tertiary/aromatic N) is 1. The Morgan fingerprint density at radius 1 is 1.05 bits per heavy atom. The predicted octanol–water partition coefficient (Wildman–Crippen LogP) is 5.30. The second-order valence-corrected chi connectivity index (χ2v) is 5.59. The number of hydrogen-bond acceptors (Lipinski definition) is 1. The van der Waals surface area contributed by atoms with Crippen LogP contribution in [0.15, 0.2) is 36.4 Å². The summed E-state index contributed by atoms with van der Waals surface area (Å²) in [5, 5.41) is 1.05. The standard InChI is InChI=1S/C14H10Cl2N2S/c1-8-2-5-12-13(6-8)18(14(19)17-12)9-3-4-10(15)11(16)7-9/h2-7H,1H3,(H,17,19). The van der Waals surface area contributed by atoms with Crippen LogP contribution in [0.4, 0.5) is 0 Å². The van der Waals surface area contributed by atoms with E-state index in [1.54, 1.807) is 6.07 Å². The number of hydrogen-bond donors (Lipinski definition) is 1. The fourth-order valence-electron chi connectivity index (χ4n) is 2.09. The minimum Gasteiger partial charge on any atom is -0.330 e. The van der Waals surface area contributed by atoms with Crippen molar-refractivity contribution in [3.05, 3.63) is 56.8 Å². The van der Waals surface area contributed by atoms with E-state index in [0.29, 0.717) is 14.8 Å². The van der Waals surface area contributed by atoms with Crippen LogP contribution >= 0.6 is 35.4 Å². The van der Waals surface area contributed by atoms with Crippen molar-refractivity contribution in [3.63, 3.8) is 0 Å². The van der Waals surface area contributed by atoms with Gasteiger partial charge in [-0.1, -0.05) is 29.3 Å². The summed E-state index contributed by atoms with van der Waals surface area (Å²) in [5.41, 5.74) is 4.11. The van der Waals surface area contributed by atoms with Gasteiger partial charge in [-0.15, -0.1) is 0 Å². The minimum absolute atomic E-state index is 0.517. The first-order valence-electron chi connectivity index (χ1n) is 5.73. The van der Waals surface area contributed by atoms with E-state index in [1.807, 2.05) is 28.8 Å². The number of benzene rings is 2. The molecule has 0 spiro atoms. The van der Waals surface area contributed by atoms with Crippen LogP contribution in [0.2, 0.25) is 10.0 Å². The van der Waals surface area contributed by atoms with Crippen LogP contribution in [0, 0.1) is 11.7 Å². The molecule has 0 fully saturated rings. The summed E-state index contributed by atoms with van der Waals surface area (Å²) >= 11 is 17.4. The smallest absolute Gasteiger partial charge is 0.182 e. The molecule has 19 heavy (non-hydrogen) atoms. The molecule has 0 radical (unpaired) electrons. The third kappa shape index (κ3) is 2.18. The lowest BCUT2D eigenvalue weighted by atomic mass is 10.2. The highest BCUT2D eigenvalue weighted by molar-refractivity contribution is 7.71. The molecule has 1 aromatic heterocycles. The Morgan fingerprint density at radius 3 is 2.58 bits per heavy atom. The Labute approximate surface area is 125 Å². The van der Waals surface area contributed by atoms with Gasteiger partial charge in [-0.2, -0.15) is 0 Å². The van der Waals surface area contributed by atoms with Crippen molar-refractivity contribution < 1.29 is 0 Å². The summed E-state index contributed by atoms with van der Waals surface area (Å²) in [4.78, 5) is 3.19. The van der Waals surface area contributed by atoms with Gasteiger partial charge in [0.15, 0.2) is 4.77 Å². The number of nitrogens with one attached hydrogen (secondary N) is 1. The molecule has 0 aliphatic heterocycles. The van der Waals surface area contributed by atoms with E-state index in [2.05, 4.69) is 18.0 Å². The van der Waals surface area contributed by atoms with Crippen LogP contribution < -0.4 is 0 Å². The van der Waals surface area contributed by atoms with Gasteiger partial charge in [-0.3, -0.25) is 4.57 Å². The van der Waals surface area contributed by atoms with E-state index >= 15 is 0 Å². The van der Waals surface area contributed by atoms with E-state index in [1.165, 1.54) is 5.56 Å². The van der Waals surface area contributed by atoms with Gasteiger partial charge in [-0.05, 0) is 55.0 Å². The second kappa shape index (κ2) is 4.67. The van der Waals surface area contributed by atoms with Crippen molar-refractivity contribution in [1.82, 2.24) is 9.55 Å². The largest absolute Gasteiger partial charge is 0.330 e. The highest BCUT2D eigenvalue weighted by Crippen LogP contribution is 2.27. The zero-order valence-corrected chi connectivity index (χ0v) is 12.4. The quantitative estimate of drug-likeness (QED) is 0.605. The van der Waals surface area contributed by atoms with Gasteiger partial charge in [0.25, 0.3) is 0 Å². The third-order valence-corrected chi connectivity index (χ3v) is 4.02. The van der Waals surface area contributed by atoms with Crippen LogP contribution in [-0.4, -0.2) is 9.55 Å². The van der Waals surface area contributed by atoms with Crippen molar-refractivity contribution >= 4 is 46.5 Å². The van der Waals surface area contributed by atoms with Crippen molar-refractivity contribution in [2.45, 2.75) is 6.92 Å². The molecule has 0 saturated carbocycles. The molecule has 0 amide bonds. The van der Waals surface area contributed by atoms with E-state index in [9.17, 15) is 0 Å². The maximum absolute atomic E-state index is 6.08. The molecule has 3 rings (SSSR count). The van der Waals surface area contributed by atoms with Crippen molar-refractivity contribution in [3.8, 4) is 5.69 Å². The van der Waals surface area contributed by atoms with Gasteiger partial charge in [0, 0.05) is 0 Å². The number of halogens is 2. The second-order valence-electron chi connectivity index (χ2n) is 4.38. The zero-order chi connectivity index (χ0) is 13.6. The van der Waals surface area contributed by atoms with Gasteiger partial charge < -0.3 is 4.98 Å². The molecule has 96 valence electrons. The maximum Gasteiger partial charge on any atom is 0.182 e. The molecule has 1 N–H and O–H groups in total. The SMILES string of the molecule is Cc1ccc2[nH]c(=S)n(-c3ccc(Cl)c(Cl)c3)c2c1. The van der Waals surface area contributed by atoms with Gasteiger partial charge in [0.05, 0.1) is 26.8 Å². The summed E-state index contributed by atoms with van der Waals surface area (Å²) in [6, 6.07) is 11.6. The molecule has 2 aromatic carbocycles. The number of aromatic amines is 1. The molecule has 3 aromatic rings. The first-order valence-corrected chi connectivity index (χ1v) is 6.89. The predicted molar refractivity (Wildman–Crippen MR) is 83.2 cm³/mol. The highest BCUT2D eigenvalue weighted by atomic mass is 35.5. The normalized spacial score (nSPS) is 11.1. The topological polar surface area (TPSA) is 20.7 Å². The van der Waals surface area contributed by atoms with Crippen molar-refractivity contribution in [2.75, 3.05) is 0 Å². The molecule has 0 bridgehead atoms. The lowest BCUT2D eigenvalue weighted by Gasteiger charge is -2.06. The van der Waals surface area contributed by atoms with Gasteiger partial charge >= 0.3 is 0 Å². The molecule has 0 atom stereocenters. The number of rotatable bonds is 1. The lowest BCUT2D eigenvalue weighted by Crippen LogP contribution is -1.94. The summed E-state index contributed by atoms with van der Waals surface area (Å²) in [5.74, 6) is 0. The minimum atomic E-state index is 0.517. The first kappa shape index (κ1) is 12.7. The van der Waals surface area contributed by atoms with Crippen molar-refractivity contribution in [2.24, 2.45) is 0 Å². The third-order valence-electron chi connectivity index (χ3n) is 3.00. The fourth-order valence-corrected chi connectivity index (χ4v) is 2.70. The highest BCUT2D eigenvalue weighted by Gasteiger charge is 2.08. The van der Waals surface area contributed by atoms with Crippen LogP contribution in [-0.2, 0) is 0 Å². The lowest BCUT2D eigenvalue weighted by molar-refractivity contribution is 1.06. The molecule has 5 heteroatoms. The number of H-pyrrole nitrogens is 1. The van der Waals surface area contributed by atoms with Crippen LogP contribution in [0.1, 0.15) is 5.56 Å². The average molecular weight is 309 g/mol. The van der Waals surface area contributed by atoms with E-state index in [-0.39, 0.29) is 0 Å². The number of aromatic nitrogens is 2. The van der Waals surface area contributed by atoms with Crippen molar-refractivity contribution in [1.29, 1.82) is 0 Å². The summed E-state index contributed by atoms with van der Waals surface area (Å²) in [7, 11) is 0. The van der Waals surface area contributed by atoms with Crippen LogP contribution in [0.3, 0.4) is 0 Å². The van der Waals surface area contributed by atoms with E-state index in [4.69, 9.17) is 35.4 Å². The average Bonchev–Trinajstić information content (AvgIpc) is 2.68. The Hall–Kier alpha value is -1.29. The summed E-state index contributed by atoms with van der Waals surface area (Å²) in [6.07, 6.45) is 0. The van der Waals surface area contributed by atoms with E-state index in [0.717, 1.165) is 16.7 Å². The molecule has 1 heterocycles. The molecular weight excluding hydrogens is 299 g/mol. The molecule has 0 aliphatic carbocycles. The monoisotopic (exact) mass is 308 g/mol. The van der Waals surface area contributed by atoms with Crippen LogP contribution in [0.25, 0.3) is 16.7 Å². The Morgan fingerprint density at radius 2 is 1.84 bits per heavy atom. The summed E-state index contributed by atoms with van der Waals surface area (Å²) < 4.78 is 2.60. The maximum atomic E-state index is 6.08. The Balaban J connectivity index is 2.35. The summed E-state index contributed by atoms with van der Waals surface area (Å²) in [6.45, 7) is 2.05. The molecular formula is C14H10Cl2N2S. The molecule has 0 unspecified atom stereocenters. The van der Waals surface area contributed by atoms with Gasteiger partial charge in [0.1, 0.15) is 0 Å². The van der Waals surface area contributed by atoms with E-state index < -0.39 is 0 Å². The fraction of sp³-hybridized carbons (Fsp3) is 0.0714. The Kier molecular flexibility index (Phi) is 3.13. The van der Waals surface area contributed by atoms with Gasteiger partial charge in [0.2, 0.25) is 0 Å². The van der Waals surface area contributed by atoms with Crippen LogP contribution in [0.5, 0.6) is 0 Å². The number of imidazole rings is 1. The molecule has 0 saturated heterocycles.